The third kappa shape index (κ3) is 4.24. The molecule has 1 amide bonds. The quantitative estimate of drug-likeness (QED) is 0.898. The molecule has 1 atom stereocenters. The molecule has 0 bridgehead atoms. The Hall–Kier alpha value is -2.69. The fraction of sp³-hybridized carbons (Fsp3) is 0.300. The van der Waals surface area contributed by atoms with E-state index in [1.807, 2.05) is 36.4 Å². The van der Waals surface area contributed by atoms with Gasteiger partial charge in [0.05, 0.1) is 6.04 Å². The number of aliphatic imine (C=N–C) groups is 1. The number of anilines is 1. The van der Waals surface area contributed by atoms with Gasteiger partial charge in [-0.15, -0.1) is 0 Å². The van der Waals surface area contributed by atoms with Crippen LogP contribution in [0.15, 0.2) is 47.5 Å². The number of benzene rings is 2. The lowest BCUT2D eigenvalue weighted by atomic mass is 10.00. The Morgan fingerprint density at radius 3 is 2.80 bits per heavy atom. The van der Waals surface area contributed by atoms with E-state index < -0.39 is 0 Å². The Labute approximate surface area is 146 Å². The highest BCUT2D eigenvalue weighted by Gasteiger charge is 2.20. The lowest BCUT2D eigenvalue weighted by molar-refractivity contribution is -0.114. The van der Waals surface area contributed by atoms with E-state index in [1.54, 1.807) is 6.92 Å². The molecule has 0 spiro atoms. The van der Waals surface area contributed by atoms with Gasteiger partial charge in [0.25, 0.3) is 0 Å². The first-order chi connectivity index (χ1) is 12.0. The maximum absolute atomic E-state index is 14.1. The second-order valence-electron chi connectivity index (χ2n) is 6.23. The van der Waals surface area contributed by atoms with Gasteiger partial charge in [-0.1, -0.05) is 18.2 Å². The van der Waals surface area contributed by atoms with Crippen molar-refractivity contribution in [3.8, 4) is 0 Å². The maximum atomic E-state index is 14.1. The van der Waals surface area contributed by atoms with Gasteiger partial charge in [0.1, 0.15) is 12.4 Å². The van der Waals surface area contributed by atoms with Crippen LogP contribution in [-0.2, 0) is 16.0 Å². The number of carbonyl (C=O) groups excluding carboxylic acids is 1. The monoisotopic (exact) mass is 340 g/mol. The number of hydrogen-bond acceptors (Lipinski definition) is 3. The number of halogens is 1. The molecule has 5 heteroatoms. The van der Waals surface area contributed by atoms with Crippen molar-refractivity contribution in [1.29, 1.82) is 0 Å². The average molecular weight is 340 g/mol. The molecule has 0 saturated heterocycles. The summed E-state index contributed by atoms with van der Waals surface area (Å²) in [5.41, 5.74) is 2.95. The van der Waals surface area contributed by atoms with Gasteiger partial charge in [0.2, 0.25) is 11.8 Å². The summed E-state index contributed by atoms with van der Waals surface area (Å²) in [7, 11) is 0. The number of carbonyl (C=O) groups is 1. The van der Waals surface area contributed by atoms with Crippen LogP contribution < -0.4 is 5.32 Å². The molecule has 1 heterocycles. The predicted molar refractivity (Wildman–Crippen MR) is 96.5 cm³/mol. The van der Waals surface area contributed by atoms with E-state index in [2.05, 4.69) is 10.3 Å². The van der Waals surface area contributed by atoms with Crippen LogP contribution >= 0.6 is 0 Å². The first kappa shape index (κ1) is 17.1. The fourth-order valence-corrected chi connectivity index (χ4v) is 2.89. The molecule has 2 aromatic carbocycles. The van der Waals surface area contributed by atoms with Crippen molar-refractivity contribution in [3.63, 3.8) is 0 Å². The lowest BCUT2D eigenvalue weighted by Gasteiger charge is -2.12. The lowest BCUT2D eigenvalue weighted by Crippen LogP contribution is -2.10. The molecule has 0 unspecified atom stereocenters. The first-order valence-corrected chi connectivity index (χ1v) is 8.35. The van der Waals surface area contributed by atoms with Gasteiger partial charge in [0.15, 0.2) is 0 Å². The molecule has 0 fully saturated rings. The smallest absolute Gasteiger partial charge is 0.221 e. The van der Waals surface area contributed by atoms with Crippen LogP contribution in [0.3, 0.4) is 0 Å². The van der Waals surface area contributed by atoms with Crippen molar-refractivity contribution in [2.45, 2.75) is 32.7 Å². The van der Waals surface area contributed by atoms with Crippen LogP contribution in [0.25, 0.3) is 0 Å². The van der Waals surface area contributed by atoms with E-state index in [4.69, 9.17) is 4.74 Å². The highest BCUT2D eigenvalue weighted by Crippen LogP contribution is 2.23. The molecule has 0 saturated carbocycles. The van der Waals surface area contributed by atoms with Crippen molar-refractivity contribution in [1.82, 2.24) is 0 Å². The summed E-state index contributed by atoms with van der Waals surface area (Å²) >= 11 is 0. The second-order valence-corrected chi connectivity index (χ2v) is 6.23. The van der Waals surface area contributed by atoms with Crippen LogP contribution in [0, 0.1) is 12.7 Å². The molecule has 130 valence electrons. The van der Waals surface area contributed by atoms with Gasteiger partial charge in [-0.05, 0) is 55.2 Å². The topological polar surface area (TPSA) is 50.7 Å². The molecule has 1 aliphatic heterocycles. The molecule has 0 aromatic heterocycles. The van der Waals surface area contributed by atoms with E-state index >= 15 is 0 Å². The minimum atomic E-state index is -0.308. The Bertz CT molecular complexity index is 803. The summed E-state index contributed by atoms with van der Waals surface area (Å²) in [6.45, 7) is 3.70. The predicted octanol–water partition coefficient (Wildman–Crippen LogP) is 3.87. The summed E-state index contributed by atoms with van der Waals surface area (Å²) < 4.78 is 19.8. The Morgan fingerprint density at radius 2 is 2.08 bits per heavy atom. The highest BCUT2D eigenvalue weighted by atomic mass is 19.1. The zero-order valence-electron chi connectivity index (χ0n) is 14.4. The van der Waals surface area contributed by atoms with Gasteiger partial charge < -0.3 is 10.1 Å². The molecule has 25 heavy (non-hydrogen) atoms. The average Bonchev–Trinajstić information content (AvgIpc) is 3.06. The Balaban J connectivity index is 1.69. The van der Waals surface area contributed by atoms with E-state index in [1.165, 1.54) is 13.0 Å². The van der Waals surface area contributed by atoms with Crippen molar-refractivity contribution >= 4 is 17.5 Å². The van der Waals surface area contributed by atoms with Gasteiger partial charge >= 0.3 is 0 Å². The minimum Gasteiger partial charge on any atom is -0.475 e. The number of aryl methyl sites for hydroxylation is 1. The zero-order valence-corrected chi connectivity index (χ0v) is 14.4. The normalized spacial score (nSPS) is 16.3. The summed E-state index contributed by atoms with van der Waals surface area (Å²) in [6.07, 6.45) is 1.44. The summed E-state index contributed by atoms with van der Waals surface area (Å²) in [4.78, 5) is 15.8. The van der Waals surface area contributed by atoms with Crippen LogP contribution in [0.4, 0.5) is 10.1 Å². The van der Waals surface area contributed by atoms with Crippen molar-refractivity contribution in [3.05, 3.63) is 65.0 Å². The summed E-state index contributed by atoms with van der Waals surface area (Å²) in [5.74, 6) is 0.147. The number of hydrogen-bond donors (Lipinski definition) is 1. The van der Waals surface area contributed by atoms with Crippen LogP contribution in [0.2, 0.25) is 0 Å². The van der Waals surface area contributed by atoms with Gasteiger partial charge in [0, 0.05) is 18.2 Å². The van der Waals surface area contributed by atoms with Gasteiger partial charge in [-0.3, -0.25) is 4.79 Å². The number of ether oxygens (including phenoxy) is 1. The fourth-order valence-electron chi connectivity index (χ4n) is 2.89. The molecule has 1 aliphatic rings. The van der Waals surface area contributed by atoms with Gasteiger partial charge in [-0.25, -0.2) is 9.38 Å². The second kappa shape index (κ2) is 7.47. The van der Waals surface area contributed by atoms with Crippen molar-refractivity contribution < 1.29 is 13.9 Å². The van der Waals surface area contributed by atoms with Crippen LogP contribution in [-0.4, -0.2) is 24.5 Å². The third-order valence-electron chi connectivity index (χ3n) is 4.25. The molecule has 3 rings (SSSR count). The summed E-state index contributed by atoms with van der Waals surface area (Å²) in [5, 5.41) is 2.64. The van der Waals surface area contributed by atoms with Crippen molar-refractivity contribution in [2.24, 2.45) is 4.99 Å². The molecule has 1 N–H and O–H groups in total. The molecular formula is C20H21FN2O2. The Morgan fingerprint density at radius 1 is 1.32 bits per heavy atom. The van der Waals surface area contributed by atoms with Crippen molar-refractivity contribution in [2.75, 3.05) is 11.9 Å². The number of rotatable bonds is 5. The maximum Gasteiger partial charge on any atom is 0.221 e. The van der Waals surface area contributed by atoms with E-state index in [0.29, 0.717) is 30.2 Å². The zero-order chi connectivity index (χ0) is 17.8. The Kier molecular flexibility index (Phi) is 5.12. The molecule has 4 nitrogen and oxygen atoms in total. The number of nitrogens with one attached hydrogen (secondary N) is 1. The molecular weight excluding hydrogens is 319 g/mol. The third-order valence-corrected chi connectivity index (χ3v) is 4.25. The number of nitrogens with zero attached hydrogens (tertiary/aromatic N) is 1. The molecule has 0 radical (unpaired) electrons. The van der Waals surface area contributed by atoms with E-state index in [0.717, 1.165) is 17.5 Å². The summed E-state index contributed by atoms with van der Waals surface area (Å²) in [6, 6.07) is 13.0. The first-order valence-electron chi connectivity index (χ1n) is 8.35. The molecule has 0 aliphatic carbocycles. The largest absolute Gasteiger partial charge is 0.475 e. The standard InChI is InChI=1S/C20H21FN2O2/c1-13-16(10-18(11-19(13)21)22-14(2)24)8-9-17-12-25-20(23-17)15-6-4-3-5-7-15/h3-7,10-11,17H,8-9,12H2,1-2H3,(H,22,24)/t17-/m0/s1. The van der Waals surface area contributed by atoms with Crippen LogP contribution in [0.5, 0.6) is 0 Å². The SMILES string of the molecule is CC(=O)Nc1cc(F)c(C)c(CC[C@H]2COC(c3ccccc3)=N2)c1. The van der Waals surface area contributed by atoms with E-state index in [9.17, 15) is 9.18 Å². The van der Waals surface area contributed by atoms with E-state index in [-0.39, 0.29) is 17.8 Å². The van der Waals surface area contributed by atoms with Crippen LogP contribution in [0.1, 0.15) is 30.0 Å². The van der Waals surface area contributed by atoms with Gasteiger partial charge in [-0.2, -0.15) is 0 Å². The highest BCUT2D eigenvalue weighted by molar-refractivity contribution is 5.95. The minimum absolute atomic E-state index is 0.0575. The molecule has 2 aromatic rings. The number of amides is 1.